The second-order valence-electron chi connectivity index (χ2n) is 6.76. The minimum Gasteiger partial charge on any atom is -0.459 e. The average Bonchev–Trinajstić information content (AvgIpc) is 3.35. The van der Waals surface area contributed by atoms with E-state index in [0.29, 0.717) is 11.3 Å². The molecule has 1 aliphatic rings. The van der Waals surface area contributed by atoms with Crippen molar-refractivity contribution in [2.75, 3.05) is 5.32 Å². The smallest absolute Gasteiger partial charge is 0.292 e. The lowest BCUT2D eigenvalue weighted by Crippen LogP contribution is -2.25. The first-order valence-electron chi connectivity index (χ1n) is 8.97. The molecule has 0 spiro atoms. The van der Waals surface area contributed by atoms with Gasteiger partial charge in [0.05, 0.1) is 6.26 Å². The maximum atomic E-state index is 12.8. The molecule has 0 unspecified atom stereocenters. The first-order chi connectivity index (χ1) is 13.1. The second kappa shape index (κ2) is 7.11. The molecule has 1 aromatic heterocycles. The van der Waals surface area contributed by atoms with Gasteiger partial charge >= 0.3 is 0 Å². The van der Waals surface area contributed by atoms with Gasteiger partial charge < -0.3 is 15.1 Å². The van der Waals surface area contributed by atoms with E-state index in [1.807, 2.05) is 43.3 Å². The fourth-order valence-corrected chi connectivity index (χ4v) is 2.90. The summed E-state index contributed by atoms with van der Waals surface area (Å²) in [4.78, 5) is 25.1. The van der Waals surface area contributed by atoms with Gasteiger partial charge in [0.1, 0.15) is 0 Å². The number of carbonyl (C=O) groups is 2. The second-order valence-corrected chi connectivity index (χ2v) is 6.76. The Morgan fingerprint density at radius 1 is 1.00 bits per heavy atom. The Labute approximate surface area is 157 Å². The first kappa shape index (κ1) is 17.1. The van der Waals surface area contributed by atoms with Crippen LogP contribution in [0.15, 0.2) is 65.3 Å². The molecular weight excluding hydrogens is 340 g/mol. The number of carbonyl (C=O) groups excluding carboxylic acids is 2. The molecule has 0 bridgehead atoms. The lowest BCUT2D eigenvalue weighted by molar-refractivity contribution is 0.0949. The summed E-state index contributed by atoms with van der Waals surface area (Å²) < 4.78 is 5.44. The SMILES string of the molecule is Cc1ccc(C(=O)NC2CC2)cc1NC(=O)c1occc1-c1ccccc1. The molecule has 1 fully saturated rings. The third kappa shape index (κ3) is 3.77. The topological polar surface area (TPSA) is 71.3 Å². The van der Waals surface area contributed by atoms with Gasteiger partial charge in [0.15, 0.2) is 5.76 Å². The molecule has 0 radical (unpaired) electrons. The summed E-state index contributed by atoms with van der Waals surface area (Å²) in [7, 11) is 0. The number of hydrogen-bond donors (Lipinski definition) is 2. The van der Waals surface area contributed by atoms with E-state index in [0.717, 1.165) is 29.5 Å². The van der Waals surface area contributed by atoms with Crippen molar-refractivity contribution in [1.82, 2.24) is 5.32 Å². The van der Waals surface area contributed by atoms with Gasteiger partial charge in [-0.2, -0.15) is 0 Å². The molecule has 27 heavy (non-hydrogen) atoms. The van der Waals surface area contributed by atoms with Gasteiger partial charge in [0, 0.05) is 22.9 Å². The minimum atomic E-state index is -0.346. The molecule has 2 N–H and O–H groups in total. The predicted molar refractivity (Wildman–Crippen MR) is 104 cm³/mol. The number of benzene rings is 2. The molecular formula is C22H20N2O3. The normalized spacial score (nSPS) is 13.2. The quantitative estimate of drug-likeness (QED) is 0.708. The highest BCUT2D eigenvalue weighted by Gasteiger charge is 2.24. The van der Waals surface area contributed by atoms with Crippen LogP contribution < -0.4 is 10.6 Å². The Hall–Kier alpha value is -3.34. The molecule has 0 saturated heterocycles. The number of rotatable bonds is 5. The van der Waals surface area contributed by atoms with E-state index in [1.54, 1.807) is 18.2 Å². The number of hydrogen-bond acceptors (Lipinski definition) is 3. The fourth-order valence-electron chi connectivity index (χ4n) is 2.90. The van der Waals surface area contributed by atoms with Crippen molar-refractivity contribution >= 4 is 17.5 Å². The van der Waals surface area contributed by atoms with Gasteiger partial charge in [0.25, 0.3) is 11.8 Å². The van der Waals surface area contributed by atoms with Gasteiger partial charge in [-0.15, -0.1) is 0 Å². The van der Waals surface area contributed by atoms with Crippen molar-refractivity contribution in [2.45, 2.75) is 25.8 Å². The van der Waals surface area contributed by atoms with Crippen molar-refractivity contribution in [3.63, 3.8) is 0 Å². The number of amides is 2. The van der Waals surface area contributed by atoms with Crippen LogP contribution in [0.25, 0.3) is 11.1 Å². The Morgan fingerprint density at radius 3 is 2.52 bits per heavy atom. The average molecular weight is 360 g/mol. The molecule has 2 amide bonds. The summed E-state index contributed by atoms with van der Waals surface area (Å²) in [5.41, 5.74) is 3.64. The minimum absolute atomic E-state index is 0.115. The lowest BCUT2D eigenvalue weighted by atomic mass is 10.1. The highest BCUT2D eigenvalue weighted by atomic mass is 16.3. The zero-order chi connectivity index (χ0) is 18.8. The monoisotopic (exact) mass is 360 g/mol. The molecule has 2 aromatic carbocycles. The molecule has 5 heteroatoms. The van der Waals surface area contributed by atoms with Gasteiger partial charge in [-0.1, -0.05) is 36.4 Å². The maximum Gasteiger partial charge on any atom is 0.292 e. The lowest BCUT2D eigenvalue weighted by Gasteiger charge is -2.11. The van der Waals surface area contributed by atoms with Crippen LogP contribution in [0, 0.1) is 6.92 Å². The van der Waals surface area contributed by atoms with E-state index in [4.69, 9.17) is 4.42 Å². The summed E-state index contributed by atoms with van der Waals surface area (Å²) in [6.07, 6.45) is 3.56. The summed E-state index contributed by atoms with van der Waals surface area (Å²) in [6, 6.07) is 17.0. The van der Waals surface area contributed by atoms with E-state index in [9.17, 15) is 9.59 Å². The third-order valence-corrected chi connectivity index (χ3v) is 4.62. The highest BCUT2D eigenvalue weighted by Crippen LogP contribution is 2.26. The summed E-state index contributed by atoms with van der Waals surface area (Å²) in [6.45, 7) is 1.89. The van der Waals surface area contributed by atoms with E-state index < -0.39 is 0 Å². The van der Waals surface area contributed by atoms with Crippen LogP contribution in [0.1, 0.15) is 39.3 Å². The molecule has 1 aliphatic carbocycles. The van der Waals surface area contributed by atoms with Crippen LogP contribution >= 0.6 is 0 Å². The number of aryl methyl sites for hydroxylation is 1. The van der Waals surface area contributed by atoms with Crippen LogP contribution in [0.4, 0.5) is 5.69 Å². The highest BCUT2D eigenvalue weighted by molar-refractivity contribution is 6.07. The molecule has 136 valence electrons. The van der Waals surface area contributed by atoms with Crippen molar-refractivity contribution in [3.05, 3.63) is 77.7 Å². The van der Waals surface area contributed by atoms with E-state index >= 15 is 0 Å². The first-order valence-corrected chi connectivity index (χ1v) is 8.97. The summed E-state index contributed by atoms with van der Waals surface area (Å²) in [5.74, 6) is -0.217. The molecule has 4 rings (SSSR count). The molecule has 3 aromatic rings. The van der Waals surface area contributed by atoms with E-state index in [-0.39, 0.29) is 23.6 Å². The zero-order valence-electron chi connectivity index (χ0n) is 15.0. The summed E-state index contributed by atoms with van der Waals surface area (Å²) in [5, 5.41) is 5.83. The maximum absolute atomic E-state index is 12.8. The zero-order valence-corrected chi connectivity index (χ0v) is 15.0. The molecule has 1 saturated carbocycles. The van der Waals surface area contributed by atoms with Gasteiger partial charge in [-0.05, 0) is 49.1 Å². The van der Waals surface area contributed by atoms with Gasteiger partial charge in [0.2, 0.25) is 0 Å². The molecule has 0 aliphatic heterocycles. The van der Waals surface area contributed by atoms with Crippen LogP contribution in [-0.2, 0) is 0 Å². The standard InChI is InChI=1S/C22H20N2O3/c1-14-7-8-16(21(25)23-17-9-10-17)13-19(14)24-22(26)20-18(11-12-27-20)15-5-3-2-4-6-15/h2-8,11-13,17H,9-10H2,1H3,(H,23,25)(H,24,26). The Bertz CT molecular complexity index is 988. The van der Waals surface area contributed by atoms with E-state index in [2.05, 4.69) is 10.6 Å². The van der Waals surface area contributed by atoms with E-state index in [1.165, 1.54) is 6.26 Å². The Morgan fingerprint density at radius 2 is 1.78 bits per heavy atom. The predicted octanol–water partition coefficient (Wildman–Crippen LogP) is 4.40. The third-order valence-electron chi connectivity index (χ3n) is 4.62. The fraction of sp³-hybridized carbons (Fsp3) is 0.182. The number of nitrogens with one attached hydrogen (secondary N) is 2. The van der Waals surface area contributed by atoms with Crippen LogP contribution in [0.3, 0.4) is 0 Å². The van der Waals surface area contributed by atoms with Crippen molar-refractivity contribution in [3.8, 4) is 11.1 Å². The largest absolute Gasteiger partial charge is 0.459 e. The van der Waals surface area contributed by atoms with Crippen molar-refractivity contribution in [2.24, 2.45) is 0 Å². The van der Waals surface area contributed by atoms with Gasteiger partial charge in [-0.3, -0.25) is 9.59 Å². The molecule has 5 nitrogen and oxygen atoms in total. The van der Waals surface area contributed by atoms with Crippen LogP contribution in [0.2, 0.25) is 0 Å². The van der Waals surface area contributed by atoms with Gasteiger partial charge in [-0.25, -0.2) is 0 Å². The summed E-state index contributed by atoms with van der Waals surface area (Å²) >= 11 is 0. The van der Waals surface area contributed by atoms with Crippen LogP contribution in [-0.4, -0.2) is 17.9 Å². The van der Waals surface area contributed by atoms with Crippen LogP contribution in [0.5, 0.6) is 0 Å². The number of anilines is 1. The molecule has 0 atom stereocenters. The number of furan rings is 1. The Balaban J connectivity index is 1.57. The molecule has 1 heterocycles. The Kier molecular flexibility index (Phi) is 4.50. The van der Waals surface area contributed by atoms with Crippen molar-refractivity contribution < 1.29 is 14.0 Å². The van der Waals surface area contributed by atoms with Crippen molar-refractivity contribution in [1.29, 1.82) is 0 Å².